The van der Waals surface area contributed by atoms with Crippen LogP contribution >= 0.6 is 15.9 Å². The first-order valence-corrected chi connectivity index (χ1v) is 7.82. The predicted molar refractivity (Wildman–Crippen MR) is 83.9 cm³/mol. The highest BCUT2D eigenvalue weighted by Gasteiger charge is 2.25. The van der Waals surface area contributed by atoms with Crippen LogP contribution in [0.2, 0.25) is 0 Å². The van der Waals surface area contributed by atoms with Crippen LogP contribution in [0.5, 0.6) is 0 Å². The number of ether oxygens (including phenoxy) is 1. The molecule has 5 nitrogen and oxygen atoms in total. The topological polar surface area (TPSA) is 72.6 Å². The van der Waals surface area contributed by atoms with E-state index in [9.17, 15) is 9.59 Å². The third-order valence-electron chi connectivity index (χ3n) is 3.46. The lowest BCUT2D eigenvalue weighted by molar-refractivity contribution is -0.140. The molecule has 0 aliphatic carbocycles. The van der Waals surface area contributed by atoms with E-state index in [2.05, 4.69) is 15.9 Å². The van der Waals surface area contributed by atoms with Crippen LogP contribution in [0.25, 0.3) is 0 Å². The molecule has 1 heterocycles. The molecule has 2 N–H and O–H groups in total. The van der Waals surface area contributed by atoms with Crippen LogP contribution in [-0.4, -0.2) is 36.0 Å². The summed E-state index contributed by atoms with van der Waals surface area (Å²) in [6.45, 7) is 3.09. The minimum atomic E-state index is -0.782. The molecule has 1 fully saturated rings. The van der Waals surface area contributed by atoms with Gasteiger partial charge in [0.1, 0.15) is 0 Å². The molecular formula is C15H19BrN2O3. The van der Waals surface area contributed by atoms with E-state index < -0.39 is 12.1 Å². The van der Waals surface area contributed by atoms with Gasteiger partial charge in [0.15, 0.2) is 6.10 Å². The standard InChI is InChI=1S/C15H19BrN2O3/c1-10(14(19)18-5-3-2-4-6-18)21-15(20)11-7-12(16)9-13(17)8-11/h7-10H,2-6,17H2,1H3. The van der Waals surface area contributed by atoms with Crippen LogP contribution in [0.1, 0.15) is 36.5 Å². The maximum Gasteiger partial charge on any atom is 0.339 e. The second-order valence-electron chi connectivity index (χ2n) is 5.21. The number of hydrogen-bond acceptors (Lipinski definition) is 4. The zero-order chi connectivity index (χ0) is 15.4. The van der Waals surface area contributed by atoms with Crippen LogP contribution < -0.4 is 5.73 Å². The predicted octanol–water partition coefficient (Wildman–Crippen LogP) is 2.59. The number of hydrogen-bond donors (Lipinski definition) is 1. The average Bonchev–Trinajstić information content (AvgIpc) is 2.46. The number of carbonyl (C=O) groups excluding carboxylic acids is 2. The van der Waals surface area contributed by atoms with Gasteiger partial charge in [-0.3, -0.25) is 4.79 Å². The van der Waals surface area contributed by atoms with E-state index in [1.807, 2.05) is 0 Å². The van der Waals surface area contributed by atoms with Crippen LogP contribution in [0.4, 0.5) is 5.69 Å². The molecule has 1 aromatic rings. The van der Waals surface area contributed by atoms with Gasteiger partial charge in [-0.1, -0.05) is 15.9 Å². The number of halogens is 1. The molecule has 0 radical (unpaired) electrons. The summed E-state index contributed by atoms with van der Waals surface area (Å²) in [7, 11) is 0. The zero-order valence-corrected chi connectivity index (χ0v) is 13.6. The molecule has 1 aromatic carbocycles. The van der Waals surface area contributed by atoms with Gasteiger partial charge in [0.25, 0.3) is 5.91 Å². The first-order chi connectivity index (χ1) is 9.97. The minimum Gasteiger partial charge on any atom is -0.449 e. The number of nitrogens with two attached hydrogens (primary N) is 1. The monoisotopic (exact) mass is 354 g/mol. The molecule has 1 saturated heterocycles. The Labute approximate surface area is 132 Å². The fraction of sp³-hybridized carbons (Fsp3) is 0.467. The van der Waals surface area contributed by atoms with Gasteiger partial charge >= 0.3 is 5.97 Å². The highest BCUT2D eigenvalue weighted by atomic mass is 79.9. The highest BCUT2D eigenvalue weighted by Crippen LogP contribution is 2.19. The summed E-state index contributed by atoms with van der Waals surface area (Å²) >= 11 is 3.28. The number of rotatable bonds is 3. The number of amides is 1. The van der Waals surface area contributed by atoms with Gasteiger partial charge in [0.05, 0.1) is 5.56 Å². The van der Waals surface area contributed by atoms with Crippen LogP contribution in [0, 0.1) is 0 Å². The summed E-state index contributed by atoms with van der Waals surface area (Å²) in [4.78, 5) is 26.1. The van der Waals surface area contributed by atoms with Gasteiger partial charge in [0.2, 0.25) is 0 Å². The number of piperidine rings is 1. The van der Waals surface area contributed by atoms with Crippen molar-refractivity contribution in [3.63, 3.8) is 0 Å². The van der Waals surface area contributed by atoms with E-state index in [1.165, 1.54) is 6.07 Å². The van der Waals surface area contributed by atoms with Crippen molar-refractivity contribution < 1.29 is 14.3 Å². The Hall–Kier alpha value is -1.56. The minimum absolute atomic E-state index is 0.133. The molecule has 0 spiro atoms. The second-order valence-corrected chi connectivity index (χ2v) is 6.12. The lowest BCUT2D eigenvalue weighted by Gasteiger charge is -2.28. The molecule has 1 unspecified atom stereocenters. The first-order valence-electron chi connectivity index (χ1n) is 7.03. The number of anilines is 1. The van der Waals surface area contributed by atoms with E-state index in [0.717, 1.165) is 32.4 Å². The number of benzene rings is 1. The second kappa shape index (κ2) is 6.93. The average molecular weight is 355 g/mol. The van der Waals surface area contributed by atoms with E-state index in [0.29, 0.717) is 15.7 Å². The molecule has 0 saturated carbocycles. The maximum atomic E-state index is 12.2. The van der Waals surface area contributed by atoms with Crippen LogP contribution in [-0.2, 0) is 9.53 Å². The number of esters is 1. The summed E-state index contributed by atoms with van der Waals surface area (Å²) in [6.07, 6.45) is 2.38. The third kappa shape index (κ3) is 4.20. The molecule has 0 bridgehead atoms. The normalized spacial score (nSPS) is 16.4. The van der Waals surface area contributed by atoms with Gasteiger partial charge < -0.3 is 15.4 Å². The SMILES string of the molecule is CC(OC(=O)c1cc(N)cc(Br)c1)C(=O)N1CCCCC1. The number of carbonyl (C=O) groups is 2. The van der Waals surface area contributed by atoms with Crippen LogP contribution in [0.15, 0.2) is 22.7 Å². The van der Waals surface area contributed by atoms with Crippen molar-refractivity contribution in [2.75, 3.05) is 18.8 Å². The third-order valence-corrected chi connectivity index (χ3v) is 3.91. The Morgan fingerprint density at radius 3 is 2.52 bits per heavy atom. The molecule has 1 amide bonds. The Bertz CT molecular complexity index is 521. The molecule has 6 heteroatoms. The van der Waals surface area contributed by atoms with Gasteiger partial charge in [-0.2, -0.15) is 0 Å². The van der Waals surface area contributed by atoms with Crippen molar-refractivity contribution in [1.29, 1.82) is 0 Å². The summed E-state index contributed by atoms with van der Waals surface area (Å²) < 4.78 is 5.95. The molecule has 1 atom stereocenters. The molecule has 114 valence electrons. The summed E-state index contributed by atoms with van der Waals surface area (Å²) in [5, 5.41) is 0. The Morgan fingerprint density at radius 2 is 1.90 bits per heavy atom. The molecule has 1 aliphatic rings. The number of nitrogen functional groups attached to an aromatic ring is 1. The summed E-state index contributed by atoms with van der Waals surface area (Å²) in [5.74, 6) is -0.674. The van der Waals surface area contributed by atoms with Crippen molar-refractivity contribution >= 4 is 33.5 Å². The molecule has 0 aromatic heterocycles. The lowest BCUT2D eigenvalue weighted by atomic mass is 10.1. The lowest BCUT2D eigenvalue weighted by Crippen LogP contribution is -2.42. The fourth-order valence-electron chi connectivity index (χ4n) is 2.38. The number of nitrogens with zero attached hydrogens (tertiary/aromatic N) is 1. The van der Waals surface area contributed by atoms with Gasteiger partial charge in [-0.15, -0.1) is 0 Å². The quantitative estimate of drug-likeness (QED) is 0.668. The molecule has 21 heavy (non-hydrogen) atoms. The van der Waals surface area contributed by atoms with Crippen LogP contribution in [0.3, 0.4) is 0 Å². The van der Waals surface area contributed by atoms with Gasteiger partial charge in [0, 0.05) is 23.2 Å². The Kier molecular flexibility index (Phi) is 5.22. The van der Waals surface area contributed by atoms with Crippen molar-refractivity contribution in [2.24, 2.45) is 0 Å². The zero-order valence-electron chi connectivity index (χ0n) is 12.0. The van der Waals surface area contributed by atoms with Crippen molar-refractivity contribution in [3.8, 4) is 0 Å². The van der Waals surface area contributed by atoms with E-state index in [1.54, 1.807) is 24.0 Å². The molecule has 1 aliphatic heterocycles. The van der Waals surface area contributed by atoms with Gasteiger partial charge in [-0.05, 0) is 44.4 Å². The van der Waals surface area contributed by atoms with E-state index in [-0.39, 0.29) is 5.91 Å². The number of likely N-dealkylation sites (tertiary alicyclic amines) is 1. The van der Waals surface area contributed by atoms with Gasteiger partial charge in [-0.25, -0.2) is 4.79 Å². The Balaban J connectivity index is 1.99. The highest BCUT2D eigenvalue weighted by molar-refractivity contribution is 9.10. The first kappa shape index (κ1) is 15.8. The molecular weight excluding hydrogens is 336 g/mol. The van der Waals surface area contributed by atoms with Crippen molar-refractivity contribution in [3.05, 3.63) is 28.2 Å². The summed E-state index contributed by atoms with van der Waals surface area (Å²) in [5.41, 5.74) is 6.49. The smallest absolute Gasteiger partial charge is 0.339 e. The van der Waals surface area contributed by atoms with E-state index in [4.69, 9.17) is 10.5 Å². The van der Waals surface area contributed by atoms with Crippen molar-refractivity contribution in [1.82, 2.24) is 4.90 Å². The van der Waals surface area contributed by atoms with Crippen molar-refractivity contribution in [2.45, 2.75) is 32.3 Å². The fourth-order valence-corrected chi connectivity index (χ4v) is 2.89. The largest absolute Gasteiger partial charge is 0.449 e. The van der Waals surface area contributed by atoms with E-state index >= 15 is 0 Å². The summed E-state index contributed by atoms with van der Waals surface area (Å²) in [6, 6.07) is 4.85. The maximum absolute atomic E-state index is 12.2. The molecule has 2 rings (SSSR count). The Morgan fingerprint density at radius 1 is 1.24 bits per heavy atom.